The van der Waals surface area contributed by atoms with Gasteiger partial charge in [-0.3, -0.25) is 9.69 Å². The second kappa shape index (κ2) is 10.2. The minimum atomic E-state index is -0.107. The quantitative estimate of drug-likeness (QED) is 0.758. The molecule has 2 aromatic rings. The first-order valence-corrected chi connectivity index (χ1v) is 10.1. The Morgan fingerprint density at radius 1 is 1.07 bits per heavy atom. The minimum absolute atomic E-state index is 0.00614. The largest absolute Gasteiger partial charge is 0.497 e. The average molecular weight is 386 g/mol. The first kappa shape index (κ1) is 20.3. The molecule has 2 heterocycles. The molecule has 0 spiro atoms. The molecular weight excluding hydrogens is 354 g/mol. The molecular formula is C22H31N3O3. The Labute approximate surface area is 167 Å². The summed E-state index contributed by atoms with van der Waals surface area (Å²) in [5.74, 6) is 1.31. The molecule has 28 heavy (non-hydrogen) atoms. The normalized spacial score (nSPS) is 16.2. The molecule has 1 unspecified atom stereocenters. The molecule has 1 amide bonds. The number of aromatic nitrogens is 1. The van der Waals surface area contributed by atoms with Crippen LogP contribution in [0.25, 0.3) is 0 Å². The van der Waals surface area contributed by atoms with Gasteiger partial charge in [-0.05, 0) is 62.3 Å². The summed E-state index contributed by atoms with van der Waals surface area (Å²) in [6.45, 7) is 2.75. The van der Waals surface area contributed by atoms with Crippen molar-refractivity contribution < 1.29 is 14.3 Å². The standard InChI is InChI=1S/C22H31N3O3/c1-24-13-7-8-20(24)21(25-14-5-3-4-6-15-25)16-23-22(26)17-28-19-11-9-18(27-2)10-12-19/h7-13,21H,3-6,14-17H2,1-2H3,(H,23,26). The minimum Gasteiger partial charge on any atom is -0.497 e. The van der Waals surface area contributed by atoms with Gasteiger partial charge in [-0.1, -0.05) is 12.8 Å². The molecule has 1 atom stereocenters. The van der Waals surface area contributed by atoms with E-state index in [1.165, 1.54) is 31.4 Å². The van der Waals surface area contributed by atoms with Gasteiger partial charge in [0.2, 0.25) is 0 Å². The third kappa shape index (κ3) is 5.52. The molecule has 1 aromatic heterocycles. The molecule has 0 aliphatic carbocycles. The van der Waals surface area contributed by atoms with Gasteiger partial charge in [0.25, 0.3) is 5.91 Å². The Hall–Kier alpha value is -2.47. The van der Waals surface area contributed by atoms with E-state index in [2.05, 4.69) is 40.2 Å². The molecule has 1 saturated heterocycles. The number of methoxy groups -OCH3 is 1. The predicted octanol–water partition coefficient (Wildman–Crippen LogP) is 3.15. The number of nitrogens with one attached hydrogen (secondary N) is 1. The molecule has 152 valence electrons. The van der Waals surface area contributed by atoms with Crippen molar-refractivity contribution in [2.24, 2.45) is 7.05 Å². The Morgan fingerprint density at radius 3 is 2.36 bits per heavy atom. The average Bonchev–Trinajstić information content (AvgIpc) is 2.96. The molecule has 1 fully saturated rings. The number of carbonyl (C=O) groups excluding carboxylic acids is 1. The molecule has 0 saturated carbocycles. The Kier molecular flexibility index (Phi) is 7.37. The zero-order chi connectivity index (χ0) is 19.8. The molecule has 0 radical (unpaired) electrons. The van der Waals surface area contributed by atoms with Gasteiger partial charge in [-0.25, -0.2) is 0 Å². The lowest BCUT2D eigenvalue weighted by molar-refractivity contribution is -0.123. The fraction of sp³-hybridized carbons (Fsp3) is 0.500. The lowest BCUT2D eigenvalue weighted by Gasteiger charge is -2.31. The fourth-order valence-electron chi connectivity index (χ4n) is 3.73. The van der Waals surface area contributed by atoms with Crippen molar-refractivity contribution in [2.75, 3.05) is 33.4 Å². The number of aryl methyl sites for hydroxylation is 1. The van der Waals surface area contributed by atoms with Gasteiger partial charge in [0.15, 0.2) is 6.61 Å². The van der Waals surface area contributed by atoms with Crippen molar-refractivity contribution in [3.8, 4) is 11.5 Å². The Morgan fingerprint density at radius 2 is 1.75 bits per heavy atom. The summed E-state index contributed by atoms with van der Waals surface area (Å²) < 4.78 is 12.9. The summed E-state index contributed by atoms with van der Waals surface area (Å²) in [4.78, 5) is 14.9. The topological polar surface area (TPSA) is 55.7 Å². The third-order valence-corrected chi connectivity index (χ3v) is 5.33. The highest BCUT2D eigenvalue weighted by atomic mass is 16.5. The van der Waals surface area contributed by atoms with Crippen molar-refractivity contribution in [1.82, 2.24) is 14.8 Å². The summed E-state index contributed by atoms with van der Waals surface area (Å²) in [5, 5.41) is 3.07. The number of carbonyl (C=O) groups is 1. The van der Waals surface area contributed by atoms with Gasteiger partial charge >= 0.3 is 0 Å². The highest BCUT2D eigenvalue weighted by molar-refractivity contribution is 5.77. The SMILES string of the molecule is COc1ccc(OCC(=O)NCC(c2cccn2C)N2CCCCCC2)cc1. The van der Waals surface area contributed by atoms with E-state index in [1.807, 2.05) is 12.1 Å². The number of amides is 1. The van der Waals surface area contributed by atoms with Crippen LogP contribution < -0.4 is 14.8 Å². The van der Waals surface area contributed by atoms with Crippen molar-refractivity contribution in [1.29, 1.82) is 0 Å². The predicted molar refractivity (Wildman–Crippen MR) is 110 cm³/mol. The number of likely N-dealkylation sites (tertiary alicyclic amines) is 1. The maximum absolute atomic E-state index is 12.4. The van der Waals surface area contributed by atoms with Gasteiger partial charge < -0.3 is 19.4 Å². The second-order valence-electron chi connectivity index (χ2n) is 7.28. The molecule has 1 aliphatic rings. The van der Waals surface area contributed by atoms with E-state index < -0.39 is 0 Å². The third-order valence-electron chi connectivity index (χ3n) is 5.33. The summed E-state index contributed by atoms with van der Waals surface area (Å²) in [5.41, 5.74) is 1.23. The van der Waals surface area contributed by atoms with E-state index in [1.54, 1.807) is 19.2 Å². The van der Waals surface area contributed by atoms with Crippen LogP contribution in [0.5, 0.6) is 11.5 Å². The number of rotatable bonds is 8. The molecule has 1 aliphatic heterocycles. The van der Waals surface area contributed by atoms with Crippen LogP contribution in [-0.2, 0) is 11.8 Å². The van der Waals surface area contributed by atoms with Crippen LogP contribution in [0, 0.1) is 0 Å². The lowest BCUT2D eigenvalue weighted by atomic mass is 10.1. The molecule has 3 rings (SSSR count). The zero-order valence-corrected chi connectivity index (χ0v) is 16.9. The summed E-state index contributed by atoms with van der Waals surface area (Å²) in [6, 6.07) is 11.6. The summed E-state index contributed by atoms with van der Waals surface area (Å²) in [6.07, 6.45) is 7.08. The highest BCUT2D eigenvalue weighted by Gasteiger charge is 2.24. The van der Waals surface area contributed by atoms with Crippen LogP contribution in [-0.4, -0.2) is 48.7 Å². The maximum atomic E-state index is 12.4. The van der Waals surface area contributed by atoms with E-state index in [0.717, 1.165) is 18.8 Å². The van der Waals surface area contributed by atoms with Crippen LogP contribution in [0.1, 0.15) is 37.4 Å². The van der Waals surface area contributed by atoms with Crippen molar-refractivity contribution in [3.05, 3.63) is 48.3 Å². The molecule has 1 aromatic carbocycles. The summed E-state index contributed by atoms with van der Waals surface area (Å²) in [7, 11) is 3.69. The van der Waals surface area contributed by atoms with Crippen LogP contribution in [0.15, 0.2) is 42.6 Å². The van der Waals surface area contributed by atoms with E-state index >= 15 is 0 Å². The van der Waals surface area contributed by atoms with Gasteiger partial charge in [0.05, 0.1) is 13.2 Å². The maximum Gasteiger partial charge on any atom is 0.258 e. The van der Waals surface area contributed by atoms with E-state index in [9.17, 15) is 4.79 Å². The van der Waals surface area contributed by atoms with Crippen LogP contribution >= 0.6 is 0 Å². The first-order valence-electron chi connectivity index (χ1n) is 10.1. The smallest absolute Gasteiger partial charge is 0.258 e. The lowest BCUT2D eigenvalue weighted by Crippen LogP contribution is -2.40. The number of ether oxygens (including phenoxy) is 2. The number of benzene rings is 1. The second-order valence-corrected chi connectivity index (χ2v) is 7.28. The number of hydrogen-bond donors (Lipinski definition) is 1. The van der Waals surface area contributed by atoms with Crippen LogP contribution in [0.3, 0.4) is 0 Å². The summed E-state index contributed by atoms with van der Waals surface area (Å²) >= 11 is 0. The molecule has 6 heteroatoms. The van der Waals surface area contributed by atoms with Gasteiger partial charge in [0.1, 0.15) is 11.5 Å². The first-order chi connectivity index (χ1) is 13.7. The van der Waals surface area contributed by atoms with Crippen molar-refractivity contribution in [2.45, 2.75) is 31.7 Å². The molecule has 0 bridgehead atoms. The van der Waals surface area contributed by atoms with E-state index in [-0.39, 0.29) is 18.6 Å². The molecule has 6 nitrogen and oxygen atoms in total. The van der Waals surface area contributed by atoms with Crippen LogP contribution in [0.2, 0.25) is 0 Å². The van der Waals surface area contributed by atoms with E-state index in [4.69, 9.17) is 9.47 Å². The Bertz CT molecular complexity index is 734. The zero-order valence-electron chi connectivity index (χ0n) is 16.9. The number of nitrogens with zero attached hydrogens (tertiary/aromatic N) is 2. The number of hydrogen-bond acceptors (Lipinski definition) is 4. The fourth-order valence-corrected chi connectivity index (χ4v) is 3.73. The van der Waals surface area contributed by atoms with Gasteiger partial charge in [0, 0.05) is 25.5 Å². The Balaban J connectivity index is 1.56. The van der Waals surface area contributed by atoms with Gasteiger partial charge in [-0.15, -0.1) is 0 Å². The van der Waals surface area contributed by atoms with Gasteiger partial charge in [-0.2, -0.15) is 0 Å². The highest BCUT2D eigenvalue weighted by Crippen LogP contribution is 2.24. The van der Waals surface area contributed by atoms with Crippen molar-refractivity contribution in [3.63, 3.8) is 0 Å². The van der Waals surface area contributed by atoms with E-state index in [0.29, 0.717) is 12.3 Å². The monoisotopic (exact) mass is 385 g/mol. The van der Waals surface area contributed by atoms with Crippen LogP contribution in [0.4, 0.5) is 0 Å². The van der Waals surface area contributed by atoms with Crippen molar-refractivity contribution >= 4 is 5.91 Å². The molecule has 1 N–H and O–H groups in total.